The molecule has 3 nitrogen and oxygen atoms in total. The van der Waals surface area contributed by atoms with Gasteiger partial charge in [0.2, 0.25) is 5.91 Å². The molecule has 1 N–H and O–H groups in total. The Hall–Kier alpha value is -0.570. The van der Waals surface area contributed by atoms with Gasteiger partial charge in [0.1, 0.15) is 0 Å². The second-order valence-electron chi connectivity index (χ2n) is 4.57. The minimum Gasteiger partial charge on any atom is -0.391 e. The molecule has 0 aromatic rings. The number of β-amino-alcohol motifs (C(OH)–C–C–N with tert-alkyl or cyclic N) is 1. The van der Waals surface area contributed by atoms with Gasteiger partial charge in [-0.25, -0.2) is 0 Å². The third kappa shape index (κ3) is 3.82. The first-order chi connectivity index (χ1) is 7.17. The van der Waals surface area contributed by atoms with E-state index in [1.807, 2.05) is 4.90 Å². The largest absolute Gasteiger partial charge is 0.391 e. The van der Waals surface area contributed by atoms with Crippen LogP contribution < -0.4 is 0 Å². The van der Waals surface area contributed by atoms with Crippen molar-refractivity contribution >= 4 is 5.91 Å². The molecule has 1 heterocycles. The first-order valence-corrected chi connectivity index (χ1v) is 6.13. The van der Waals surface area contributed by atoms with Gasteiger partial charge in [-0.05, 0) is 12.3 Å². The minimum absolute atomic E-state index is 0.123. The lowest BCUT2D eigenvalue weighted by atomic mass is 9.99. The zero-order chi connectivity index (χ0) is 11.3. The maximum atomic E-state index is 11.5. The normalized spacial score (nSPS) is 23.5. The van der Waals surface area contributed by atoms with Crippen LogP contribution in [-0.4, -0.2) is 35.1 Å². The topological polar surface area (TPSA) is 40.5 Å². The van der Waals surface area contributed by atoms with Gasteiger partial charge >= 0.3 is 0 Å². The number of rotatable bonds is 6. The predicted molar refractivity (Wildman–Crippen MR) is 60.5 cm³/mol. The average Bonchev–Trinajstić information content (AvgIpc) is 2.52. The number of nitrogens with zero attached hydrogens (tertiary/aromatic N) is 1. The maximum absolute atomic E-state index is 11.5. The van der Waals surface area contributed by atoms with E-state index in [0.29, 0.717) is 18.9 Å². The number of amides is 1. The highest BCUT2D eigenvalue weighted by Gasteiger charge is 2.28. The molecule has 0 aliphatic carbocycles. The van der Waals surface area contributed by atoms with E-state index in [2.05, 4.69) is 13.8 Å². The van der Waals surface area contributed by atoms with Crippen molar-refractivity contribution in [2.45, 2.75) is 52.1 Å². The van der Waals surface area contributed by atoms with Crippen LogP contribution in [0.2, 0.25) is 0 Å². The number of carbonyl (C=O) groups is 1. The number of likely N-dealkylation sites (tertiary alicyclic amines) is 1. The molecule has 3 heteroatoms. The number of hydrogen-bond donors (Lipinski definition) is 1. The van der Waals surface area contributed by atoms with Crippen molar-refractivity contribution in [1.82, 2.24) is 4.90 Å². The summed E-state index contributed by atoms with van der Waals surface area (Å²) in [5, 5.41) is 9.37. The van der Waals surface area contributed by atoms with Crippen LogP contribution in [0.25, 0.3) is 0 Å². The number of hydrogen-bond acceptors (Lipinski definition) is 2. The molecule has 1 fully saturated rings. The fourth-order valence-corrected chi connectivity index (χ4v) is 2.16. The van der Waals surface area contributed by atoms with Gasteiger partial charge in [-0.3, -0.25) is 4.79 Å². The van der Waals surface area contributed by atoms with Crippen LogP contribution in [0.4, 0.5) is 0 Å². The van der Waals surface area contributed by atoms with E-state index in [1.54, 1.807) is 0 Å². The Bertz CT molecular complexity index is 206. The van der Waals surface area contributed by atoms with Crippen LogP contribution in [0.1, 0.15) is 46.0 Å². The Morgan fingerprint density at radius 2 is 2.27 bits per heavy atom. The van der Waals surface area contributed by atoms with Crippen LogP contribution in [0.3, 0.4) is 0 Å². The molecule has 2 unspecified atom stereocenters. The monoisotopic (exact) mass is 213 g/mol. The van der Waals surface area contributed by atoms with Crippen molar-refractivity contribution in [1.29, 1.82) is 0 Å². The molecular weight excluding hydrogens is 190 g/mol. The molecule has 0 bridgehead atoms. The summed E-state index contributed by atoms with van der Waals surface area (Å²) in [5.41, 5.74) is 0. The second kappa shape index (κ2) is 6.11. The number of aliphatic hydroxyl groups is 1. The molecule has 1 saturated heterocycles. The molecule has 88 valence electrons. The summed E-state index contributed by atoms with van der Waals surface area (Å²) in [6.07, 6.45) is 4.67. The molecule has 0 saturated carbocycles. The molecule has 0 radical (unpaired) electrons. The van der Waals surface area contributed by atoms with E-state index in [1.165, 1.54) is 19.3 Å². The molecule has 1 amide bonds. The van der Waals surface area contributed by atoms with Crippen molar-refractivity contribution in [2.24, 2.45) is 5.92 Å². The highest BCUT2D eigenvalue weighted by atomic mass is 16.3. The van der Waals surface area contributed by atoms with Crippen LogP contribution in [-0.2, 0) is 4.79 Å². The number of carbonyl (C=O) groups excluding carboxylic acids is 1. The molecular formula is C12H23NO2. The molecule has 0 spiro atoms. The highest BCUT2D eigenvalue weighted by molar-refractivity contribution is 5.78. The molecule has 0 aromatic carbocycles. The van der Waals surface area contributed by atoms with Gasteiger partial charge in [0.25, 0.3) is 0 Å². The molecule has 2 atom stereocenters. The zero-order valence-electron chi connectivity index (χ0n) is 9.91. The Morgan fingerprint density at radius 1 is 1.53 bits per heavy atom. The number of aliphatic hydroxyl groups excluding tert-OH is 1. The fourth-order valence-electron chi connectivity index (χ4n) is 2.16. The van der Waals surface area contributed by atoms with Crippen LogP contribution in [0.15, 0.2) is 0 Å². The second-order valence-corrected chi connectivity index (χ2v) is 4.57. The Balaban J connectivity index is 2.34. The van der Waals surface area contributed by atoms with Gasteiger partial charge in [0.15, 0.2) is 0 Å². The van der Waals surface area contributed by atoms with E-state index in [0.717, 1.165) is 13.0 Å². The summed E-state index contributed by atoms with van der Waals surface area (Å²) in [5.74, 6) is 0.733. The summed E-state index contributed by atoms with van der Waals surface area (Å²) < 4.78 is 0. The quantitative estimate of drug-likeness (QED) is 0.731. The lowest BCUT2D eigenvalue weighted by Gasteiger charge is -2.22. The summed E-state index contributed by atoms with van der Waals surface area (Å²) in [7, 11) is 0. The van der Waals surface area contributed by atoms with Gasteiger partial charge in [-0.1, -0.05) is 33.1 Å². The Kier molecular flexibility index (Phi) is 5.09. The van der Waals surface area contributed by atoms with Gasteiger partial charge in [-0.15, -0.1) is 0 Å². The average molecular weight is 213 g/mol. The van der Waals surface area contributed by atoms with Crippen molar-refractivity contribution in [3.05, 3.63) is 0 Å². The summed E-state index contributed by atoms with van der Waals surface area (Å²) in [4.78, 5) is 13.3. The first-order valence-electron chi connectivity index (χ1n) is 6.13. The zero-order valence-corrected chi connectivity index (χ0v) is 9.91. The van der Waals surface area contributed by atoms with E-state index in [9.17, 15) is 9.90 Å². The summed E-state index contributed by atoms with van der Waals surface area (Å²) in [6.45, 7) is 5.75. The van der Waals surface area contributed by atoms with E-state index < -0.39 is 6.10 Å². The standard InChI is InChI=1S/C12H23NO2/c1-3-5-6-10(4-2)8-13-9-11(14)7-12(13)15/h10-11,14H,3-9H2,1-2H3. The third-order valence-electron chi connectivity index (χ3n) is 3.22. The van der Waals surface area contributed by atoms with E-state index in [4.69, 9.17) is 0 Å². The van der Waals surface area contributed by atoms with Gasteiger partial charge in [0, 0.05) is 13.1 Å². The van der Waals surface area contributed by atoms with Crippen molar-refractivity contribution in [3.63, 3.8) is 0 Å². The van der Waals surface area contributed by atoms with Crippen molar-refractivity contribution in [3.8, 4) is 0 Å². The highest BCUT2D eigenvalue weighted by Crippen LogP contribution is 2.18. The van der Waals surface area contributed by atoms with Gasteiger partial charge in [0.05, 0.1) is 12.5 Å². The summed E-state index contributed by atoms with van der Waals surface area (Å²) in [6, 6.07) is 0. The fraction of sp³-hybridized carbons (Fsp3) is 0.917. The predicted octanol–water partition coefficient (Wildman–Crippen LogP) is 1.80. The van der Waals surface area contributed by atoms with Gasteiger partial charge < -0.3 is 10.0 Å². The van der Waals surface area contributed by atoms with Gasteiger partial charge in [-0.2, -0.15) is 0 Å². The SMILES string of the molecule is CCCCC(CC)CN1CC(O)CC1=O. The third-order valence-corrected chi connectivity index (χ3v) is 3.22. The van der Waals surface area contributed by atoms with Crippen molar-refractivity contribution in [2.75, 3.05) is 13.1 Å². The molecule has 1 aliphatic rings. The Labute approximate surface area is 92.5 Å². The van der Waals surface area contributed by atoms with E-state index >= 15 is 0 Å². The van der Waals surface area contributed by atoms with Crippen LogP contribution in [0, 0.1) is 5.92 Å². The smallest absolute Gasteiger partial charge is 0.225 e. The molecule has 1 rings (SSSR count). The molecule has 0 aromatic heterocycles. The Morgan fingerprint density at radius 3 is 2.73 bits per heavy atom. The van der Waals surface area contributed by atoms with Crippen molar-refractivity contribution < 1.29 is 9.90 Å². The van der Waals surface area contributed by atoms with Crippen LogP contribution >= 0.6 is 0 Å². The maximum Gasteiger partial charge on any atom is 0.225 e. The molecule has 15 heavy (non-hydrogen) atoms. The minimum atomic E-state index is -0.429. The van der Waals surface area contributed by atoms with E-state index in [-0.39, 0.29) is 5.91 Å². The summed E-state index contributed by atoms with van der Waals surface area (Å²) >= 11 is 0. The number of unbranched alkanes of at least 4 members (excludes halogenated alkanes) is 1. The lowest BCUT2D eigenvalue weighted by Crippen LogP contribution is -2.31. The lowest BCUT2D eigenvalue weighted by molar-refractivity contribution is -0.128. The first kappa shape index (κ1) is 12.5. The van der Waals surface area contributed by atoms with Crippen LogP contribution in [0.5, 0.6) is 0 Å². The molecule has 1 aliphatic heterocycles.